The molecule has 0 amide bonds. The first kappa shape index (κ1) is 11.9. The van der Waals surface area contributed by atoms with Gasteiger partial charge in [-0.25, -0.2) is 0 Å². The molecule has 0 aromatic heterocycles. The van der Waals surface area contributed by atoms with E-state index < -0.39 is 5.60 Å². The molecule has 0 bridgehead atoms. The van der Waals surface area contributed by atoms with Crippen LogP contribution in [0.15, 0.2) is 0 Å². The van der Waals surface area contributed by atoms with Gasteiger partial charge < -0.3 is 10.0 Å². The minimum atomic E-state index is -0.502. The Hall–Kier alpha value is -0.0800. The first-order valence-electron chi connectivity index (χ1n) is 4.75. The molecule has 0 saturated heterocycles. The molecule has 2 heteroatoms. The molecule has 0 atom stereocenters. The summed E-state index contributed by atoms with van der Waals surface area (Å²) in [5.74, 6) is 0. The fourth-order valence-corrected chi connectivity index (χ4v) is 1.02. The molecule has 74 valence electrons. The van der Waals surface area contributed by atoms with Crippen LogP contribution in [0.2, 0.25) is 0 Å². The maximum absolute atomic E-state index is 9.45. The fraction of sp³-hybridized carbons (Fsp3) is 1.00. The SMILES string of the molecule is CC(C)N(C)CCCC(C)(C)O. The first-order chi connectivity index (χ1) is 5.33. The van der Waals surface area contributed by atoms with Gasteiger partial charge in [0.05, 0.1) is 5.60 Å². The van der Waals surface area contributed by atoms with Crippen LogP contribution >= 0.6 is 0 Å². The first-order valence-corrected chi connectivity index (χ1v) is 4.75. The quantitative estimate of drug-likeness (QED) is 0.686. The van der Waals surface area contributed by atoms with Crippen molar-refractivity contribution in [2.24, 2.45) is 0 Å². The lowest BCUT2D eigenvalue weighted by atomic mass is 10.0. The van der Waals surface area contributed by atoms with Crippen molar-refractivity contribution < 1.29 is 5.11 Å². The molecule has 0 radical (unpaired) electrons. The van der Waals surface area contributed by atoms with Gasteiger partial charge in [0.2, 0.25) is 0 Å². The molecule has 0 fully saturated rings. The van der Waals surface area contributed by atoms with Crippen LogP contribution in [0, 0.1) is 0 Å². The monoisotopic (exact) mass is 173 g/mol. The van der Waals surface area contributed by atoms with Gasteiger partial charge in [-0.1, -0.05) is 0 Å². The van der Waals surface area contributed by atoms with Crippen molar-refractivity contribution in [1.82, 2.24) is 4.90 Å². The largest absolute Gasteiger partial charge is 0.390 e. The Balaban J connectivity index is 3.44. The van der Waals surface area contributed by atoms with Crippen molar-refractivity contribution in [3.05, 3.63) is 0 Å². The van der Waals surface area contributed by atoms with Gasteiger partial charge in [-0.2, -0.15) is 0 Å². The second-order valence-electron chi connectivity index (χ2n) is 4.49. The van der Waals surface area contributed by atoms with Gasteiger partial charge in [0, 0.05) is 6.04 Å². The highest BCUT2D eigenvalue weighted by molar-refractivity contribution is 4.66. The molecule has 0 unspecified atom stereocenters. The van der Waals surface area contributed by atoms with Gasteiger partial charge in [0.15, 0.2) is 0 Å². The molecular weight excluding hydrogens is 150 g/mol. The number of hydrogen-bond donors (Lipinski definition) is 1. The zero-order chi connectivity index (χ0) is 9.78. The third-order valence-corrected chi connectivity index (χ3v) is 2.18. The van der Waals surface area contributed by atoms with Gasteiger partial charge in [-0.05, 0) is 54.1 Å². The third kappa shape index (κ3) is 6.62. The Labute approximate surface area is 76.6 Å². The number of aliphatic hydroxyl groups is 1. The van der Waals surface area contributed by atoms with E-state index >= 15 is 0 Å². The molecule has 0 heterocycles. The lowest BCUT2D eigenvalue weighted by molar-refractivity contribution is 0.0649. The number of rotatable bonds is 5. The maximum Gasteiger partial charge on any atom is 0.0592 e. The lowest BCUT2D eigenvalue weighted by Gasteiger charge is -2.23. The molecule has 0 aromatic rings. The normalized spacial score (nSPS) is 13.0. The molecule has 12 heavy (non-hydrogen) atoms. The van der Waals surface area contributed by atoms with Crippen LogP contribution in [0.3, 0.4) is 0 Å². The second-order valence-corrected chi connectivity index (χ2v) is 4.49. The Morgan fingerprint density at radius 1 is 1.33 bits per heavy atom. The molecule has 0 saturated carbocycles. The summed E-state index contributed by atoms with van der Waals surface area (Å²) in [5, 5.41) is 9.45. The van der Waals surface area contributed by atoms with Crippen molar-refractivity contribution in [3.63, 3.8) is 0 Å². The molecule has 0 spiro atoms. The van der Waals surface area contributed by atoms with Crippen LogP contribution < -0.4 is 0 Å². The molecule has 0 aliphatic carbocycles. The van der Waals surface area contributed by atoms with Gasteiger partial charge in [-0.15, -0.1) is 0 Å². The Morgan fingerprint density at radius 3 is 2.17 bits per heavy atom. The van der Waals surface area contributed by atoms with Crippen molar-refractivity contribution in [2.45, 2.75) is 52.2 Å². The van der Waals surface area contributed by atoms with E-state index in [0.717, 1.165) is 19.4 Å². The maximum atomic E-state index is 9.45. The van der Waals surface area contributed by atoms with Gasteiger partial charge in [0.25, 0.3) is 0 Å². The summed E-state index contributed by atoms with van der Waals surface area (Å²) in [7, 11) is 2.12. The standard InChI is InChI=1S/C10H23NO/c1-9(2)11(5)8-6-7-10(3,4)12/h9,12H,6-8H2,1-5H3. The zero-order valence-electron chi connectivity index (χ0n) is 9.09. The lowest BCUT2D eigenvalue weighted by Crippen LogP contribution is -2.29. The minimum Gasteiger partial charge on any atom is -0.390 e. The molecule has 0 aliphatic rings. The average Bonchev–Trinajstić information content (AvgIpc) is 1.84. The van der Waals surface area contributed by atoms with Crippen LogP contribution in [0.4, 0.5) is 0 Å². The average molecular weight is 173 g/mol. The highest BCUT2D eigenvalue weighted by Gasteiger charge is 2.12. The van der Waals surface area contributed by atoms with Crippen molar-refractivity contribution in [3.8, 4) is 0 Å². The summed E-state index contributed by atoms with van der Waals surface area (Å²) in [4.78, 5) is 2.30. The third-order valence-electron chi connectivity index (χ3n) is 2.18. The van der Waals surface area contributed by atoms with E-state index in [9.17, 15) is 5.11 Å². The van der Waals surface area contributed by atoms with E-state index in [4.69, 9.17) is 0 Å². The number of hydrogen-bond acceptors (Lipinski definition) is 2. The summed E-state index contributed by atoms with van der Waals surface area (Å²) in [6.45, 7) is 9.17. The second kappa shape index (κ2) is 4.83. The van der Waals surface area contributed by atoms with Crippen molar-refractivity contribution in [1.29, 1.82) is 0 Å². The van der Waals surface area contributed by atoms with Gasteiger partial charge >= 0.3 is 0 Å². The molecule has 2 nitrogen and oxygen atoms in total. The van der Waals surface area contributed by atoms with Gasteiger partial charge in [0.1, 0.15) is 0 Å². The number of nitrogens with zero attached hydrogens (tertiary/aromatic N) is 1. The molecule has 0 rings (SSSR count). The van der Waals surface area contributed by atoms with E-state index in [0.29, 0.717) is 6.04 Å². The summed E-state index contributed by atoms with van der Waals surface area (Å²) in [6, 6.07) is 0.604. The van der Waals surface area contributed by atoms with Crippen molar-refractivity contribution in [2.75, 3.05) is 13.6 Å². The molecule has 1 N–H and O–H groups in total. The summed E-state index contributed by atoms with van der Waals surface area (Å²) in [5.41, 5.74) is -0.502. The predicted octanol–water partition coefficient (Wildman–Crippen LogP) is 1.88. The van der Waals surface area contributed by atoms with Crippen molar-refractivity contribution >= 4 is 0 Å². The highest BCUT2D eigenvalue weighted by atomic mass is 16.3. The molecule has 0 aliphatic heterocycles. The van der Waals surface area contributed by atoms with E-state index in [2.05, 4.69) is 25.8 Å². The highest BCUT2D eigenvalue weighted by Crippen LogP contribution is 2.10. The van der Waals surface area contributed by atoms with E-state index in [1.54, 1.807) is 0 Å². The summed E-state index contributed by atoms with van der Waals surface area (Å²) >= 11 is 0. The molecular formula is C10H23NO. The predicted molar refractivity (Wildman–Crippen MR) is 53.3 cm³/mol. The van der Waals surface area contributed by atoms with Crippen LogP contribution in [-0.4, -0.2) is 35.2 Å². The van der Waals surface area contributed by atoms with E-state index in [1.807, 2.05) is 13.8 Å². The van der Waals surface area contributed by atoms with Crippen LogP contribution in [0.5, 0.6) is 0 Å². The Kier molecular flexibility index (Phi) is 4.80. The summed E-state index contributed by atoms with van der Waals surface area (Å²) < 4.78 is 0. The van der Waals surface area contributed by atoms with E-state index in [-0.39, 0.29) is 0 Å². The smallest absolute Gasteiger partial charge is 0.0592 e. The Bertz CT molecular complexity index is 115. The topological polar surface area (TPSA) is 23.5 Å². The summed E-state index contributed by atoms with van der Waals surface area (Å²) in [6.07, 6.45) is 1.95. The van der Waals surface area contributed by atoms with Gasteiger partial charge in [-0.3, -0.25) is 0 Å². The van der Waals surface area contributed by atoms with Crippen LogP contribution in [0.1, 0.15) is 40.5 Å². The zero-order valence-corrected chi connectivity index (χ0v) is 9.09. The van der Waals surface area contributed by atoms with E-state index in [1.165, 1.54) is 0 Å². The minimum absolute atomic E-state index is 0.502. The van der Waals surface area contributed by atoms with Crippen LogP contribution in [0.25, 0.3) is 0 Å². The Morgan fingerprint density at radius 2 is 1.83 bits per heavy atom. The van der Waals surface area contributed by atoms with Crippen LogP contribution in [-0.2, 0) is 0 Å². The fourth-order valence-electron chi connectivity index (χ4n) is 1.02. The molecule has 0 aromatic carbocycles.